The topological polar surface area (TPSA) is 20.2 Å². The lowest BCUT2D eigenvalue weighted by atomic mass is 9.86. The smallest absolute Gasteiger partial charge is 0.132 e. The molecule has 1 aliphatic rings. The highest BCUT2D eigenvalue weighted by Crippen LogP contribution is 2.24. The van der Waals surface area contributed by atoms with Crippen LogP contribution in [0.2, 0.25) is 0 Å². The first kappa shape index (κ1) is 6.35. The van der Waals surface area contributed by atoms with E-state index in [1.165, 1.54) is 0 Å². The van der Waals surface area contributed by atoms with Gasteiger partial charge in [0.25, 0.3) is 0 Å². The summed E-state index contributed by atoms with van der Waals surface area (Å²) in [6.45, 7) is 1.79. The molecule has 1 nitrogen and oxygen atoms in total. The molecule has 0 bridgehead atoms. The average molecular weight is 145 g/mol. The zero-order valence-electron chi connectivity index (χ0n) is 7.00. The molecule has 0 radical (unpaired) electrons. The fourth-order valence-electron chi connectivity index (χ4n) is 1.09. The van der Waals surface area contributed by atoms with Gasteiger partial charge in [0, 0.05) is 13.2 Å². The van der Waals surface area contributed by atoms with Gasteiger partial charge in [-0.25, -0.2) is 4.39 Å². The molecule has 58 valence electrons. The fourth-order valence-corrected chi connectivity index (χ4v) is 1.09. The minimum atomic E-state index is -1.20. The second kappa shape index (κ2) is 2.70. The largest absolute Gasteiger partial charge is 0.389 e. The maximum absolute atomic E-state index is 13.0. The molecule has 0 aromatic rings. The summed E-state index contributed by atoms with van der Waals surface area (Å²) in [6.07, 6.45) is 1.29. The van der Waals surface area contributed by atoms with Gasteiger partial charge < -0.3 is 5.11 Å². The lowest BCUT2D eigenvalue weighted by Crippen LogP contribution is -2.35. The predicted molar refractivity (Wildman–Crippen MR) is 38.4 cm³/mol. The van der Waals surface area contributed by atoms with Crippen LogP contribution in [0.15, 0.2) is 12.2 Å². The third-order valence-electron chi connectivity index (χ3n) is 1.93. The summed E-state index contributed by atoms with van der Waals surface area (Å²) in [5, 5.41) is 9.26. The minimum Gasteiger partial charge on any atom is -0.389 e. The third-order valence-corrected chi connectivity index (χ3v) is 1.93. The Labute approximate surface area is 62.0 Å². The van der Waals surface area contributed by atoms with E-state index in [0.29, 0.717) is 0 Å². The Hall–Kier alpha value is -0.370. The Morgan fingerprint density at radius 1 is 1.50 bits per heavy atom. The number of halogens is 1. The zero-order chi connectivity index (χ0) is 8.43. The van der Waals surface area contributed by atoms with Crippen molar-refractivity contribution in [2.24, 2.45) is 11.8 Å². The second-order valence-electron chi connectivity index (χ2n) is 2.84. The van der Waals surface area contributed by atoms with Crippen LogP contribution in [0.1, 0.15) is 15.2 Å². The Morgan fingerprint density at radius 2 is 2.10 bits per heavy atom. The number of rotatable bonds is 0. The summed E-state index contributed by atoms with van der Waals surface area (Å²) in [5.41, 5.74) is 0. The maximum Gasteiger partial charge on any atom is 0.132 e. The number of hydrogen-bond acceptors (Lipinski definition) is 1. The van der Waals surface area contributed by atoms with Gasteiger partial charge in [0.15, 0.2) is 0 Å². The Balaban J connectivity index is 2.68. The molecule has 0 aliphatic heterocycles. The van der Waals surface area contributed by atoms with Crippen LogP contribution in [0.3, 0.4) is 0 Å². The average Bonchev–Trinajstić information content (AvgIpc) is 2.01. The molecule has 1 rings (SSSR count). The van der Waals surface area contributed by atoms with E-state index < -0.39 is 12.3 Å². The molecule has 2 heteroatoms. The molecule has 4 atom stereocenters. The van der Waals surface area contributed by atoms with Gasteiger partial charge in [-0.3, -0.25) is 0 Å². The summed E-state index contributed by atoms with van der Waals surface area (Å²) in [4.78, 5) is 0. The molecule has 0 heterocycles. The summed E-state index contributed by atoms with van der Waals surface area (Å²) >= 11 is 0. The summed E-state index contributed by atoms with van der Waals surface area (Å²) in [7, 11) is 0. The van der Waals surface area contributed by atoms with Crippen molar-refractivity contribution in [2.45, 2.75) is 26.1 Å². The van der Waals surface area contributed by atoms with Crippen molar-refractivity contribution in [3.8, 4) is 0 Å². The number of aliphatic hydroxyl groups excluding tert-OH is 1. The van der Waals surface area contributed by atoms with Gasteiger partial charge in [0.1, 0.15) is 6.17 Å². The van der Waals surface area contributed by atoms with Crippen LogP contribution in [-0.4, -0.2) is 17.4 Å². The predicted octanol–water partition coefficient (Wildman–Crippen LogP) is 1.53. The standard InChI is InChI=1S/C8H13FO/c1-5-3-4-6(2)8(10)7(5)9/h3-8,10H,1-2H3/t5-,6+,7+,8-/m1/s1/i2D. The van der Waals surface area contributed by atoms with E-state index >= 15 is 0 Å². The fraction of sp³-hybridized carbons (Fsp3) is 0.750. The van der Waals surface area contributed by atoms with Crippen molar-refractivity contribution < 1.29 is 10.9 Å². The quantitative estimate of drug-likeness (QED) is 0.512. The van der Waals surface area contributed by atoms with E-state index in [0.717, 1.165) is 0 Å². The number of aliphatic hydroxyl groups is 1. The van der Waals surface area contributed by atoms with Crippen molar-refractivity contribution in [3.63, 3.8) is 0 Å². The van der Waals surface area contributed by atoms with Crippen LogP contribution in [0.4, 0.5) is 4.39 Å². The van der Waals surface area contributed by atoms with E-state index in [4.69, 9.17) is 1.37 Å². The molecule has 0 fully saturated rings. The molecule has 0 aromatic heterocycles. The maximum atomic E-state index is 13.0. The van der Waals surface area contributed by atoms with Crippen molar-refractivity contribution in [1.29, 1.82) is 0 Å². The van der Waals surface area contributed by atoms with Gasteiger partial charge in [0.2, 0.25) is 0 Å². The normalized spacial score (nSPS) is 48.9. The minimum absolute atomic E-state index is 0.0603. The molecule has 0 amide bonds. The van der Waals surface area contributed by atoms with Gasteiger partial charge in [0.05, 0.1) is 6.10 Å². The molecule has 0 saturated carbocycles. The third kappa shape index (κ3) is 1.21. The Kier molecular flexibility index (Phi) is 1.72. The Bertz CT molecular complexity index is 160. The number of hydrogen-bond donors (Lipinski definition) is 1. The van der Waals surface area contributed by atoms with Gasteiger partial charge >= 0.3 is 0 Å². The van der Waals surface area contributed by atoms with Crippen molar-refractivity contribution in [1.82, 2.24) is 0 Å². The van der Waals surface area contributed by atoms with Crippen LogP contribution in [0, 0.1) is 11.8 Å². The lowest BCUT2D eigenvalue weighted by molar-refractivity contribution is 0.0249. The van der Waals surface area contributed by atoms with Crippen molar-refractivity contribution >= 4 is 0 Å². The van der Waals surface area contributed by atoms with E-state index in [1.54, 1.807) is 19.1 Å². The van der Waals surface area contributed by atoms with Crippen LogP contribution < -0.4 is 0 Å². The first-order chi connectivity index (χ1) is 5.16. The molecule has 0 aromatic carbocycles. The lowest BCUT2D eigenvalue weighted by Gasteiger charge is -2.27. The molecule has 0 saturated heterocycles. The van der Waals surface area contributed by atoms with E-state index in [2.05, 4.69) is 0 Å². The van der Waals surface area contributed by atoms with E-state index in [9.17, 15) is 9.50 Å². The first-order valence-corrected chi connectivity index (χ1v) is 3.46. The Morgan fingerprint density at radius 3 is 2.70 bits per heavy atom. The number of alkyl halides is 1. The second-order valence-corrected chi connectivity index (χ2v) is 2.84. The molecule has 0 spiro atoms. The highest BCUT2D eigenvalue weighted by molar-refractivity contribution is 5.03. The summed E-state index contributed by atoms with van der Waals surface area (Å²) < 4.78 is 20.0. The zero-order valence-corrected chi connectivity index (χ0v) is 6.00. The molecular formula is C8H13FO. The van der Waals surface area contributed by atoms with Crippen LogP contribution in [-0.2, 0) is 0 Å². The van der Waals surface area contributed by atoms with E-state index in [-0.39, 0.29) is 18.7 Å². The van der Waals surface area contributed by atoms with Crippen LogP contribution in [0.5, 0.6) is 0 Å². The van der Waals surface area contributed by atoms with Gasteiger partial charge in [-0.05, 0) is 0 Å². The van der Waals surface area contributed by atoms with Gasteiger partial charge in [-0.15, -0.1) is 0 Å². The first-order valence-electron chi connectivity index (χ1n) is 4.17. The monoisotopic (exact) mass is 145 g/mol. The van der Waals surface area contributed by atoms with Crippen LogP contribution >= 0.6 is 0 Å². The van der Waals surface area contributed by atoms with Gasteiger partial charge in [-0.1, -0.05) is 26.0 Å². The highest BCUT2D eigenvalue weighted by atomic mass is 19.1. The molecular weight excluding hydrogens is 131 g/mol. The van der Waals surface area contributed by atoms with Gasteiger partial charge in [-0.2, -0.15) is 0 Å². The van der Waals surface area contributed by atoms with E-state index in [1.807, 2.05) is 0 Å². The van der Waals surface area contributed by atoms with Crippen molar-refractivity contribution in [3.05, 3.63) is 12.2 Å². The molecule has 0 unspecified atom stereocenters. The molecule has 10 heavy (non-hydrogen) atoms. The number of allylic oxidation sites excluding steroid dienone is 1. The summed E-state index contributed by atoms with van der Waals surface area (Å²) in [5.74, 6) is -0.533. The molecule has 1 aliphatic carbocycles. The van der Waals surface area contributed by atoms with Crippen molar-refractivity contribution in [2.75, 3.05) is 0 Å². The highest BCUT2D eigenvalue weighted by Gasteiger charge is 2.30. The van der Waals surface area contributed by atoms with Crippen LogP contribution in [0.25, 0.3) is 0 Å². The molecule has 1 N–H and O–H groups in total. The SMILES string of the molecule is [2H]C[C@H]1C=C[C@@H](C)[C@H](F)[C@@H]1O. The summed E-state index contributed by atoms with van der Waals surface area (Å²) in [6, 6.07) is 0.